The molecule has 1 aliphatic carbocycles. The summed E-state index contributed by atoms with van der Waals surface area (Å²) in [4.78, 5) is 2.42. The van der Waals surface area contributed by atoms with E-state index in [9.17, 15) is 0 Å². The Hall–Kier alpha value is -9.54. The molecular weight excluding hydrogens is 937 g/mol. The molecule has 0 spiro atoms. The molecule has 0 N–H and O–H groups in total. The van der Waals surface area contributed by atoms with Crippen LogP contribution in [-0.2, 0) is 5.41 Å². The van der Waals surface area contributed by atoms with Crippen molar-refractivity contribution in [2.45, 2.75) is 5.41 Å². The van der Waals surface area contributed by atoms with E-state index in [0.29, 0.717) is 0 Å². The van der Waals surface area contributed by atoms with Crippen LogP contribution in [0, 0.1) is 0 Å². The van der Waals surface area contributed by atoms with E-state index in [1.54, 1.807) is 0 Å². The minimum absolute atomic E-state index is 0.480. The van der Waals surface area contributed by atoms with E-state index in [1.807, 2.05) is 11.3 Å². The van der Waals surface area contributed by atoms with Crippen LogP contribution in [0.5, 0.6) is 0 Å². The molecule has 0 atom stereocenters. The molecule has 12 aromatic carbocycles. The molecule has 3 heteroatoms. The highest BCUT2D eigenvalue weighted by Gasteiger charge is 2.46. The van der Waals surface area contributed by atoms with Crippen molar-refractivity contribution < 1.29 is 0 Å². The SMILES string of the molecule is c1ccc(C2(c3ccccc3)c3ccccc3-c3cc(N(c4ccc(-c5cccc(-c6ccc7sc8ccccc8c7c6)c5)cc4)c4ccc(-c5cccc(-n6c7ccccc7c7ccccc76)c5)cc4)ccc32)cc1. The highest BCUT2D eigenvalue weighted by atomic mass is 32.1. The molecule has 0 fully saturated rings. The number of hydrogen-bond donors (Lipinski definition) is 0. The zero-order valence-corrected chi connectivity index (χ0v) is 42.3. The van der Waals surface area contributed by atoms with Crippen LogP contribution >= 0.6 is 11.3 Å². The summed E-state index contributed by atoms with van der Waals surface area (Å²) in [5, 5.41) is 5.15. The van der Waals surface area contributed by atoms with Crippen LogP contribution in [0.15, 0.2) is 291 Å². The quantitative estimate of drug-likeness (QED) is 0.140. The fourth-order valence-electron chi connectivity index (χ4n) is 12.4. The number of para-hydroxylation sites is 2. The summed E-state index contributed by atoms with van der Waals surface area (Å²) in [5.41, 5.74) is 21.1. The number of rotatable bonds is 9. The van der Waals surface area contributed by atoms with E-state index >= 15 is 0 Å². The van der Waals surface area contributed by atoms with Crippen molar-refractivity contribution in [1.29, 1.82) is 0 Å². The van der Waals surface area contributed by atoms with Crippen molar-refractivity contribution in [3.05, 3.63) is 313 Å². The van der Waals surface area contributed by atoms with E-state index in [4.69, 9.17) is 0 Å². The minimum Gasteiger partial charge on any atom is -0.310 e. The van der Waals surface area contributed by atoms with Crippen molar-refractivity contribution in [2.24, 2.45) is 0 Å². The molecule has 2 heterocycles. The van der Waals surface area contributed by atoms with Crippen molar-refractivity contribution >= 4 is 70.4 Å². The summed E-state index contributed by atoms with van der Waals surface area (Å²) in [7, 11) is 0. The van der Waals surface area contributed by atoms with E-state index in [-0.39, 0.29) is 0 Å². The molecule has 76 heavy (non-hydrogen) atoms. The first-order valence-electron chi connectivity index (χ1n) is 26.1. The van der Waals surface area contributed by atoms with Gasteiger partial charge in [-0.15, -0.1) is 11.3 Å². The van der Waals surface area contributed by atoms with Gasteiger partial charge in [-0.1, -0.05) is 206 Å². The van der Waals surface area contributed by atoms with Crippen LogP contribution in [0.25, 0.3) is 92.2 Å². The predicted molar refractivity (Wildman–Crippen MR) is 322 cm³/mol. The highest BCUT2D eigenvalue weighted by molar-refractivity contribution is 7.25. The van der Waals surface area contributed by atoms with Gasteiger partial charge in [0.2, 0.25) is 0 Å². The van der Waals surface area contributed by atoms with Crippen LogP contribution < -0.4 is 4.90 Å². The average molecular weight is 985 g/mol. The van der Waals surface area contributed by atoms with E-state index in [2.05, 4.69) is 301 Å². The molecule has 0 aliphatic heterocycles. The van der Waals surface area contributed by atoms with Gasteiger partial charge in [-0.05, 0) is 152 Å². The van der Waals surface area contributed by atoms with Crippen molar-refractivity contribution in [2.75, 3.05) is 4.90 Å². The van der Waals surface area contributed by atoms with E-state index < -0.39 is 5.41 Å². The van der Waals surface area contributed by atoms with Crippen molar-refractivity contribution in [1.82, 2.24) is 4.57 Å². The first-order valence-corrected chi connectivity index (χ1v) is 27.0. The Balaban J connectivity index is 0.844. The highest BCUT2D eigenvalue weighted by Crippen LogP contribution is 2.57. The number of nitrogens with zero attached hydrogens (tertiary/aromatic N) is 2. The smallest absolute Gasteiger partial charge is 0.0713 e. The van der Waals surface area contributed by atoms with Gasteiger partial charge >= 0.3 is 0 Å². The maximum Gasteiger partial charge on any atom is 0.0713 e. The third-order valence-electron chi connectivity index (χ3n) is 15.9. The van der Waals surface area contributed by atoms with Gasteiger partial charge in [0.25, 0.3) is 0 Å². The largest absolute Gasteiger partial charge is 0.310 e. The molecule has 14 aromatic rings. The number of hydrogen-bond acceptors (Lipinski definition) is 2. The summed E-state index contributed by atoms with van der Waals surface area (Å²) >= 11 is 1.86. The molecule has 0 saturated carbocycles. The number of aromatic nitrogens is 1. The lowest BCUT2D eigenvalue weighted by Crippen LogP contribution is -2.28. The Labute approximate surface area is 446 Å². The topological polar surface area (TPSA) is 8.17 Å². The van der Waals surface area contributed by atoms with E-state index in [1.165, 1.54) is 103 Å². The molecule has 356 valence electrons. The lowest BCUT2D eigenvalue weighted by molar-refractivity contribution is 0.768. The molecular formula is C73H48N2S. The Kier molecular flexibility index (Phi) is 10.3. The van der Waals surface area contributed by atoms with Crippen LogP contribution in [-0.4, -0.2) is 4.57 Å². The molecule has 0 saturated heterocycles. The predicted octanol–water partition coefficient (Wildman–Crippen LogP) is 20.0. The summed E-state index contributed by atoms with van der Waals surface area (Å²) in [6.07, 6.45) is 0. The third-order valence-corrected chi connectivity index (χ3v) is 17.0. The molecule has 0 radical (unpaired) electrons. The minimum atomic E-state index is -0.480. The Morgan fingerprint density at radius 1 is 0.289 bits per heavy atom. The van der Waals surface area contributed by atoms with Crippen LogP contribution in [0.2, 0.25) is 0 Å². The zero-order valence-electron chi connectivity index (χ0n) is 41.5. The Morgan fingerprint density at radius 3 is 1.45 bits per heavy atom. The monoisotopic (exact) mass is 984 g/mol. The molecule has 0 amide bonds. The zero-order chi connectivity index (χ0) is 50.2. The average Bonchev–Trinajstić information content (AvgIpc) is 4.29. The number of fused-ring (bicyclic) bond motifs is 9. The first kappa shape index (κ1) is 44.0. The van der Waals surface area contributed by atoms with Crippen molar-refractivity contribution in [3.8, 4) is 50.2 Å². The van der Waals surface area contributed by atoms with Gasteiger partial charge in [0, 0.05) is 53.7 Å². The van der Waals surface area contributed by atoms with Crippen LogP contribution in [0.1, 0.15) is 22.3 Å². The Morgan fingerprint density at radius 2 is 0.776 bits per heavy atom. The van der Waals surface area contributed by atoms with Gasteiger partial charge in [-0.25, -0.2) is 0 Å². The molecule has 0 unspecified atom stereocenters. The Bertz CT molecular complexity index is 4420. The lowest BCUT2D eigenvalue weighted by atomic mass is 9.68. The van der Waals surface area contributed by atoms with Gasteiger partial charge in [-0.3, -0.25) is 0 Å². The van der Waals surface area contributed by atoms with Gasteiger partial charge < -0.3 is 9.47 Å². The molecule has 2 aromatic heterocycles. The summed E-state index contributed by atoms with van der Waals surface area (Å²) in [6, 6.07) is 108. The maximum absolute atomic E-state index is 2.43. The standard InChI is InChI=1S/C73H48N2S/c1-3-20-55(21-4-1)73(56-22-5-2-6-23-56)67-29-11-7-25-61(67)65-48-60(42-43-68(65)73)74(57-38-33-49(34-39-57)51-17-15-18-52(45-51)54-37-44-72-66(47-54)64-28-10-14-32-71(64)76-72)58-40-35-50(36-41-58)53-19-16-24-59(46-53)75-69-30-12-8-26-62(69)63-27-9-13-31-70(63)75/h1-48H. The second-order valence-electron chi connectivity index (χ2n) is 20.0. The number of benzene rings is 12. The molecule has 0 bridgehead atoms. The fraction of sp³-hybridized carbons (Fsp3) is 0.0137. The van der Waals surface area contributed by atoms with Crippen LogP contribution in [0.3, 0.4) is 0 Å². The number of thiophene rings is 1. The summed E-state index contributed by atoms with van der Waals surface area (Å²) in [6.45, 7) is 0. The fourth-order valence-corrected chi connectivity index (χ4v) is 13.5. The first-order chi connectivity index (χ1) is 37.7. The summed E-state index contributed by atoms with van der Waals surface area (Å²) < 4.78 is 5.04. The second-order valence-corrected chi connectivity index (χ2v) is 21.1. The molecule has 1 aliphatic rings. The van der Waals surface area contributed by atoms with E-state index in [0.717, 1.165) is 28.3 Å². The van der Waals surface area contributed by atoms with Crippen molar-refractivity contribution in [3.63, 3.8) is 0 Å². The van der Waals surface area contributed by atoms with Gasteiger partial charge in [0.15, 0.2) is 0 Å². The molecule has 2 nitrogen and oxygen atoms in total. The number of anilines is 3. The lowest BCUT2D eigenvalue weighted by Gasteiger charge is -2.34. The van der Waals surface area contributed by atoms with Gasteiger partial charge in [-0.2, -0.15) is 0 Å². The third kappa shape index (κ3) is 7.01. The summed E-state index contributed by atoms with van der Waals surface area (Å²) in [5.74, 6) is 0. The second kappa shape index (κ2) is 17.8. The van der Waals surface area contributed by atoms with Gasteiger partial charge in [0.05, 0.1) is 16.4 Å². The molecule has 15 rings (SSSR count). The maximum atomic E-state index is 2.43. The normalized spacial score (nSPS) is 12.6. The van der Waals surface area contributed by atoms with Crippen LogP contribution in [0.4, 0.5) is 17.1 Å². The van der Waals surface area contributed by atoms with Gasteiger partial charge in [0.1, 0.15) is 0 Å².